The molecule has 0 saturated carbocycles. The summed E-state index contributed by atoms with van der Waals surface area (Å²) in [6.07, 6.45) is 2.45. The summed E-state index contributed by atoms with van der Waals surface area (Å²) in [6, 6.07) is 8.69. The van der Waals surface area contributed by atoms with E-state index in [2.05, 4.69) is 41.1 Å². The Hall–Kier alpha value is -1.39. The summed E-state index contributed by atoms with van der Waals surface area (Å²) in [5, 5.41) is 12.1. The Morgan fingerprint density at radius 1 is 1.40 bits per heavy atom. The van der Waals surface area contributed by atoms with E-state index in [4.69, 9.17) is 5.11 Å². The van der Waals surface area contributed by atoms with Crippen LogP contribution in [0.15, 0.2) is 29.6 Å². The molecule has 0 spiro atoms. The number of thiazole rings is 1. The van der Waals surface area contributed by atoms with E-state index in [0.29, 0.717) is 5.92 Å². The van der Waals surface area contributed by atoms with Gasteiger partial charge in [-0.1, -0.05) is 24.3 Å². The van der Waals surface area contributed by atoms with E-state index in [1.807, 2.05) is 5.38 Å². The van der Waals surface area contributed by atoms with Crippen LogP contribution in [0.1, 0.15) is 35.6 Å². The largest absolute Gasteiger partial charge is 0.390 e. The highest BCUT2D eigenvalue weighted by Crippen LogP contribution is 2.32. The third-order valence-corrected chi connectivity index (χ3v) is 4.97. The molecular weight excluding hydrogens is 268 g/mol. The lowest BCUT2D eigenvalue weighted by Gasteiger charge is -2.33. The number of aromatic nitrogens is 1. The van der Waals surface area contributed by atoms with E-state index in [-0.39, 0.29) is 6.61 Å². The molecule has 2 heterocycles. The predicted octanol–water partition coefficient (Wildman–Crippen LogP) is 3.33. The van der Waals surface area contributed by atoms with Crippen LogP contribution in [0.2, 0.25) is 0 Å². The van der Waals surface area contributed by atoms with E-state index >= 15 is 0 Å². The summed E-state index contributed by atoms with van der Waals surface area (Å²) in [5.41, 5.74) is 3.63. The van der Waals surface area contributed by atoms with Gasteiger partial charge in [0.1, 0.15) is 0 Å². The lowest BCUT2D eigenvalue weighted by atomic mass is 9.88. The van der Waals surface area contributed by atoms with Gasteiger partial charge in [-0.15, -0.1) is 11.3 Å². The predicted molar refractivity (Wildman–Crippen MR) is 83.4 cm³/mol. The molecule has 1 aliphatic heterocycles. The standard InChI is InChI=1S/C16H20N2OS/c1-12-5-2-3-7-15(12)13-6-4-8-18(9-13)16-17-14(10-19)11-20-16/h2-3,5,7,11,13,19H,4,6,8-10H2,1H3/t13-/m1/s1. The number of anilines is 1. The summed E-state index contributed by atoms with van der Waals surface area (Å²) in [7, 11) is 0. The van der Waals surface area contributed by atoms with Gasteiger partial charge in [0.25, 0.3) is 0 Å². The first kappa shape index (κ1) is 13.6. The van der Waals surface area contributed by atoms with Crippen molar-refractivity contribution < 1.29 is 5.11 Å². The first-order valence-electron chi connectivity index (χ1n) is 7.13. The van der Waals surface area contributed by atoms with Crippen molar-refractivity contribution in [2.75, 3.05) is 18.0 Å². The van der Waals surface area contributed by atoms with E-state index in [1.165, 1.54) is 24.0 Å². The van der Waals surface area contributed by atoms with Crippen molar-refractivity contribution in [3.63, 3.8) is 0 Å². The fraction of sp³-hybridized carbons (Fsp3) is 0.438. The minimum absolute atomic E-state index is 0.0333. The molecule has 1 fully saturated rings. The minimum Gasteiger partial charge on any atom is -0.390 e. The number of aryl methyl sites for hydroxylation is 1. The van der Waals surface area contributed by atoms with Gasteiger partial charge in [-0.05, 0) is 30.9 Å². The second kappa shape index (κ2) is 5.94. The summed E-state index contributed by atoms with van der Waals surface area (Å²) in [4.78, 5) is 6.86. The quantitative estimate of drug-likeness (QED) is 0.941. The van der Waals surface area contributed by atoms with Crippen LogP contribution in [0.5, 0.6) is 0 Å². The average Bonchev–Trinajstić information content (AvgIpc) is 2.97. The SMILES string of the molecule is Cc1ccccc1[C@@H]1CCCN(c2nc(CO)cs2)C1. The van der Waals surface area contributed by atoms with E-state index < -0.39 is 0 Å². The van der Waals surface area contributed by atoms with Crippen molar-refractivity contribution in [3.05, 3.63) is 46.5 Å². The number of piperidine rings is 1. The fourth-order valence-corrected chi connectivity index (χ4v) is 3.82. The molecule has 106 valence electrons. The molecule has 1 aromatic carbocycles. The van der Waals surface area contributed by atoms with Gasteiger partial charge in [0.05, 0.1) is 12.3 Å². The molecular formula is C16H20N2OS. The molecule has 1 saturated heterocycles. The van der Waals surface area contributed by atoms with Crippen LogP contribution in [-0.2, 0) is 6.61 Å². The highest BCUT2D eigenvalue weighted by molar-refractivity contribution is 7.13. The number of aliphatic hydroxyl groups is 1. The third-order valence-electron chi connectivity index (χ3n) is 4.02. The Morgan fingerprint density at radius 3 is 3.00 bits per heavy atom. The van der Waals surface area contributed by atoms with Crippen molar-refractivity contribution in [2.24, 2.45) is 0 Å². The Kier molecular flexibility index (Phi) is 4.03. The van der Waals surface area contributed by atoms with Crippen LogP contribution < -0.4 is 4.90 Å². The van der Waals surface area contributed by atoms with Crippen LogP contribution in [0.25, 0.3) is 0 Å². The monoisotopic (exact) mass is 288 g/mol. The summed E-state index contributed by atoms with van der Waals surface area (Å²) >= 11 is 1.64. The highest BCUT2D eigenvalue weighted by atomic mass is 32.1. The second-order valence-corrected chi connectivity index (χ2v) is 6.26. The molecule has 3 rings (SSSR count). The van der Waals surface area contributed by atoms with Crippen LogP contribution in [0.3, 0.4) is 0 Å². The van der Waals surface area contributed by atoms with Crippen molar-refractivity contribution >= 4 is 16.5 Å². The maximum atomic E-state index is 9.14. The highest BCUT2D eigenvalue weighted by Gasteiger charge is 2.24. The third kappa shape index (κ3) is 2.72. The first-order valence-corrected chi connectivity index (χ1v) is 8.01. The second-order valence-electron chi connectivity index (χ2n) is 5.42. The molecule has 0 amide bonds. The Labute approximate surface area is 123 Å². The molecule has 1 N–H and O–H groups in total. The molecule has 20 heavy (non-hydrogen) atoms. The molecule has 0 unspecified atom stereocenters. The average molecular weight is 288 g/mol. The van der Waals surface area contributed by atoms with E-state index in [0.717, 1.165) is 23.9 Å². The lowest BCUT2D eigenvalue weighted by Crippen LogP contribution is -2.34. The Balaban J connectivity index is 1.78. The van der Waals surface area contributed by atoms with Gasteiger partial charge >= 0.3 is 0 Å². The fourth-order valence-electron chi connectivity index (χ4n) is 2.96. The first-order chi connectivity index (χ1) is 9.78. The normalized spacial score (nSPS) is 19.3. The van der Waals surface area contributed by atoms with Gasteiger partial charge in [0, 0.05) is 24.4 Å². The van der Waals surface area contributed by atoms with Crippen molar-refractivity contribution in [3.8, 4) is 0 Å². The summed E-state index contributed by atoms with van der Waals surface area (Å²) in [6.45, 7) is 4.33. The van der Waals surface area contributed by atoms with Crippen LogP contribution >= 0.6 is 11.3 Å². The lowest BCUT2D eigenvalue weighted by molar-refractivity contribution is 0.277. The smallest absolute Gasteiger partial charge is 0.185 e. The van der Waals surface area contributed by atoms with Crippen LogP contribution in [0, 0.1) is 6.92 Å². The zero-order chi connectivity index (χ0) is 13.9. The van der Waals surface area contributed by atoms with Gasteiger partial charge in [0.15, 0.2) is 5.13 Å². The number of benzene rings is 1. The van der Waals surface area contributed by atoms with Gasteiger partial charge in [-0.3, -0.25) is 0 Å². The molecule has 3 nitrogen and oxygen atoms in total. The van der Waals surface area contributed by atoms with Crippen molar-refractivity contribution in [2.45, 2.75) is 32.3 Å². The van der Waals surface area contributed by atoms with Crippen LogP contribution in [-0.4, -0.2) is 23.2 Å². The molecule has 1 atom stereocenters. The molecule has 2 aromatic rings. The molecule has 0 radical (unpaired) electrons. The summed E-state index contributed by atoms with van der Waals surface area (Å²) in [5.74, 6) is 0.589. The molecule has 1 aliphatic rings. The maximum absolute atomic E-state index is 9.14. The Bertz CT molecular complexity index is 581. The summed E-state index contributed by atoms with van der Waals surface area (Å²) < 4.78 is 0. The number of nitrogens with zero attached hydrogens (tertiary/aromatic N) is 2. The molecule has 0 bridgehead atoms. The minimum atomic E-state index is 0.0333. The molecule has 4 heteroatoms. The molecule has 0 aliphatic carbocycles. The zero-order valence-electron chi connectivity index (χ0n) is 11.7. The Morgan fingerprint density at radius 2 is 2.25 bits per heavy atom. The van der Waals surface area contributed by atoms with Gasteiger partial charge < -0.3 is 10.0 Å². The van der Waals surface area contributed by atoms with Crippen molar-refractivity contribution in [1.29, 1.82) is 0 Å². The topological polar surface area (TPSA) is 36.4 Å². The number of rotatable bonds is 3. The number of aliphatic hydroxyl groups excluding tert-OH is 1. The van der Waals surface area contributed by atoms with E-state index in [9.17, 15) is 0 Å². The zero-order valence-corrected chi connectivity index (χ0v) is 12.6. The molecule has 1 aromatic heterocycles. The van der Waals surface area contributed by atoms with Gasteiger partial charge in [0.2, 0.25) is 0 Å². The number of hydrogen-bond acceptors (Lipinski definition) is 4. The van der Waals surface area contributed by atoms with Gasteiger partial charge in [-0.2, -0.15) is 0 Å². The van der Waals surface area contributed by atoms with Crippen LogP contribution in [0.4, 0.5) is 5.13 Å². The number of hydrogen-bond donors (Lipinski definition) is 1. The van der Waals surface area contributed by atoms with Gasteiger partial charge in [-0.25, -0.2) is 4.98 Å². The van der Waals surface area contributed by atoms with E-state index in [1.54, 1.807) is 11.3 Å². The van der Waals surface area contributed by atoms with Crippen molar-refractivity contribution in [1.82, 2.24) is 4.98 Å². The maximum Gasteiger partial charge on any atom is 0.185 e.